The standard InChI is InChI=1S/C21H26ClN3O/c22-19-7-6-17(15-24-11-8-16-4-2-1-3-5-16)14-20(19)25-12-9-18(10-13-25)21(23)26/h1-7,14,18,24H,8-13,15H2,(H2,23,26). The van der Waals surface area contributed by atoms with Crippen LogP contribution in [0.25, 0.3) is 0 Å². The quantitative estimate of drug-likeness (QED) is 0.733. The Labute approximate surface area is 160 Å². The molecule has 2 aromatic rings. The summed E-state index contributed by atoms with van der Waals surface area (Å²) >= 11 is 6.42. The molecule has 3 rings (SSSR count). The number of carbonyl (C=O) groups is 1. The van der Waals surface area contributed by atoms with Crippen LogP contribution in [0.15, 0.2) is 48.5 Å². The zero-order valence-electron chi connectivity index (χ0n) is 15.0. The van der Waals surface area contributed by atoms with Crippen LogP contribution < -0.4 is 16.0 Å². The zero-order valence-corrected chi connectivity index (χ0v) is 15.7. The highest BCUT2D eigenvalue weighted by atomic mass is 35.5. The number of benzene rings is 2. The molecule has 1 fully saturated rings. The van der Waals surface area contributed by atoms with Crippen molar-refractivity contribution in [1.82, 2.24) is 5.32 Å². The van der Waals surface area contributed by atoms with Crippen molar-refractivity contribution in [1.29, 1.82) is 0 Å². The molecular formula is C21H26ClN3O. The van der Waals surface area contributed by atoms with Crippen molar-refractivity contribution >= 4 is 23.2 Å². The van der Waals surface area contributed by atoms with Crippen molar-refractivity contribution in [3.8, 4) is 0 Å². The first-order chi connectivity index (χ1) is 12.6. The van der Waals surface area contributed by atoms with Crippen molar-refractivity contribution in [3.05, 3.63) is 64.7 Å². The molecule has 1 amide bonds. The lowest BCUT2D eigenvalue weighted by molar-refractivity contribution is -0.122. The van der Waals surface area contributed by atoms with Gasteiger partial charge in [0.15, 0.2) is 0 Å². The highest BCUT2D eigenvalue weighted by Gasteiger charge is 2.24. The number of anilines is 1. The van der Waals surface area contributed by atoms with E-state index in [-0.39, 0.29) is 11.8 Å². The molecule has 0 radical (unpaired) electrons. The van der Waals surface area contributed by atoms with Crippen LogP contribution in [-0.2, 0) is 17.8 Å². The average Bonchev–Trinajstić information content (AvgIpc) is 2.67. The van der Waals surface area contributed by atoms with E-state index in [9.17, 15) is 4.79 Å². The Kier molecular flexibility index (Phi) is 6.53. The Morgan fingerprint density at radius 3 is 2.54 bits per heavy atom. The van der Waals surface area contributed by atoms with Gasteiger partial charge in [-0.05, 0) is 49.1 Å². The van der Waals surface area contributed by atoms with Gasteiger partial charge in [0, 0.05) is 25.6 Å². The molecule has 26 heavy (non-hydrogen) atoms. The second kappa shape index (κ2) is 9.06. The molecule has 0 atom stereocenters. The van der Waals surface area contributed by atoms with E-state index in [1.54, 1.807) is 0 Å². The average molecular weight is 372 g/mol. The van der Waals surface area contributed by atoms with Crippen LogP contribution in [0.2, 0.25) is 5.02 Å². The van der Waals surface area contributed by atoms with E-state index in [4.69, 9.17) is 17.3 Å². The van der Waals surface area contributed by atoms with Gasteiger partial charge in [-0.3, -0.25) is 4.79 Å². The van der Waals surface area contributed by atoms with Crippen LogP contribution in [0.1, 0.15) is 24.0 Å². The van der Waals surface area contributed by atoms with Gasteiger partial charge in [-0.25, -0.2) is 0 Å². The summed E-state index contributed by atoms with van der Waals surface area (Å²) in [5.74, 6) is -0.194. The SMILES string of the molecule is NC(=O)C1CCN(c2cc(CNCCc3ccccc3)ccc2Cl)CC1. The Bertz CT molecular complexity index is 727. The molecule has 0 aromatic heterocycles. The topological polar surface area (TPSA) is 58.4 Å². The van der Waals surface area contributed by atoms with E-state index in [1.165, 1.54) is 11.1 Å². The Morgan fingerprint density at radius 2 is 1.85 bits per heavy atom. The fraction of sp³-hybridized carbons (Fsp3) is 0.381. The second-order valence-electron chi connectivity index (χ2n) is 6.86. The molecule has 0 saturated carbocycles. The number of hydrogen-bond acceptors (Lipinski definition) is 3. The molecule has 0 aliphatic carbocycles. The van der Waals surface area contributed by atoms with Crippen LogP contribution in [0.5, 0.6) is 0 Å². The summed E-state index contributed by atoms with van der Waals surface area (Å²) in [6.45, 7) is 3.39. The number of carbonyl (C=O) groups excluding carboxylic acids is 1. The fourth-order valence-electron chi connectivity index (χ4n) is 3.43. The minimum Gasteiger partial charge on any atom is -0.370 e. The maximum atomic E-state index is 11.3. The molecule has 1 aliphatic rings. The van der Waals surface area contributed by atoms with Crippen LogP contribution in [0.4, 0.5) is 5.69 Å². The van der Waals surface area contributed by atoms with Crippen molar-refractivity contribution < 1.29 is 4.79 Å². The monoisotopic (exact) mass is 371 g/mol. The normalized spacial score (nSPS) is 15.2. The van der Waals surface area contributed by atoms with E-state index in [0.717, 1.165) is 56.2 Å². The van der Waals surface area contributed by atoms with Gasteiger partial charge in [-0.1, -0.05) is 48.0 Å². The Morgan fingerprint density at radius 1 is 1.12 bits per heavy atom. The van der Waals surface area contributed by atoms with Gasteiger partial charge in [0.2, 0.25) is 5.91 Å². The van der Waals surface area contributed by atoms with E-state index >= 15 is 0 Å². The number of piperidine rings is 1. The Hall–Kier alpha value is -2.04. The van der Waals surface area contributed by atoms with Crippen molar-refractivity contribution in [2.75, 3.05) is 24.5 Å². The Balaban J connectivity index is 1.53. The van der Waals surface area contributed by atoms with Crippen LogP contribution in [0.3, 0.4) is 0 Å². The van der Waals surface area contributed by atoms with Crippen LogP contribution in [-0.4, -0.2) is 25.5 Å². The number of hydrogen-bond donors (Lipinski definition) is 2. The van der Waals surface area contributed by atoms with Gasteiger partial charge in [0.25, 0.3) is 0 Å². The molecular weight excluding hydrogens is 346 g/mol. The molecule has 138 valence electrons. The maximum absolute atomic E-state index is 11.3. The van der Waals surface area contributed by atoms with Gasteiger partial charge in [0.05, 0.1) is 10.7 Å². The summed E-state index contributed by atoms with van der Waals surface area (Å²) in [4.78, 5) is 13.6. The van der Waals surface area contributed by atoms with Crippen LogP contribution in [0, 0.1) is 5.92 Å². The highest BCUT2D eigenvalue weighted by Crippen LogP contribution is 2.30. The summed E-state index contributed by atoms with van der Waals surface area (Å²) < 4.78 is 0. The number of primary amides is 1. The number of nitrogens with two attached hydrogens (primary N) is 1. The zero-order chi connectivity index (χ0) is 18.4. The first-order valence-corrected chi connectivity index (χ1v) is 9.58. The lowest BCUT2D eigenvalue weighted by Crippen LogP contribution is -2.38. The van der Waals surface area contributed by atoms with Crippen molar-refractivity contribution in [2.24, 2.45) is 11.7 Å². The summed E-state index contributed by atoms with van der Waals surface area (Å²) in [6.07, 6.45) is 2.61. The molecule has 5 heteroatoms. The number of rotatable bonds is 7. The number of halogens is 1. The summed E-state index contributed by atoms with van der Waals surface area (Å²) in [6, 6.07) is 16.7. The molecule has 0 unspecified atom stereocenters. The molecule has 3 N–H and O–H groups in total. The largest absolute Gasteiger partial charge is 0.370 e. The van der Waals surface area contributed by atoms with Crippen LogP contribution >= 0.6 is 11.6 Å². The summed E-state index contributed by atoms with van der Waals surface area (Å²) in [5.41, 5.74) is 9.04. The molecule has 0 bridgehead atoms. The van der Waals surface area contributed by atoms with Gasteiger partial charge in [-0.15, -0.1) is 0 Å². The molecule has 1 saturated heterocycles. The number of nitrogens with zero attached hydrogens (tertiary/aromatic N) is 1. The smallest absolute Gasteiger partial charge is 0.220 e. The van der Waals surface area contributed by atoms with Gasteiger partial charge < -0.3 is 16.0 Å². The predicted octanol–water partition coefficient (Wildman–Crippen LogP) is 3.37. The predicted molar refractivity (Wildman–Crippen MR) is 107 cm³/mol. The van der Waals surface area contributed by atoms with Crippen molar-refractivity contribution in [2.45, 2.75) is 25.8 Å². The summed E-state index contributed by atoms with van der Waals surface area (Å²) in [5, 5.41) is 4.26. The first kappa shape index (κ1) is 18.7. The number of nitrogens with one attached hydrogen (secondary N) is 1. The van der Waals surface area contributed by atoms with E-state index in [2.05, 4.69) is 46.6 Å². The molecule has 1 aliphatic heterocycles. The van der Waals surface area contributed by atoms with E-state index in [0.29, 0.717) is 0 Å². The number of amides is 1. The lowest BCUT2D eigenvalue weighted by Gasteiger charge is -2.33. The van der Waals surface area contributed by atoms with Crippen molar-refractivity contribution in [3.63, 3.8) is 0 Å². The third-order valence-electron chi connectivity index (χ3n) is 5.01. The van der Waals surface area contributed by atoms with Gasteiger partial charge in [-0.2, -0.15) is 0 Å². The van der Waals surface area contributed by atoms with Gasteiger partial charge in [0.1, 0.15) is 0 Å². The molecule has 0 spiro atoms. The second-order valence-corrected chi connectivity index (χ2v) is 7.27. The lowest BCUT2D eigenvalue weighted by atomic mass is 9.96. The third kappa shape index (κ3) is 4.99. The van der Waals surface area contributed by atoms with E-state index in [1.807, 2.05) is 12.1 Å². The fourth-order valence-corrected chi connectivity index (χ4v) is 3.66. The minimum absolute atomic E-state index is 0.00661. The minimum atomic E-state index is -0.188. The van der Waals surface area contributed by atoms with Gasteiger partial charge >= 0.3 is 0 Å². The molecule has 1 heterocycles. The highest BCUT2D eigenvalue weighted by molar-refractivity contribution is 6.33. The maximum Gasteiger partial charge on any atom is 0.220 e. The summed E-state index contributed by atoms with van der Waals surface area (Å²) in [7, 11) is 0. The van der Waals surface area contributed by atoms with E-state index < -0.39 is 0 Å². The molecule has 4 nitrogen and oxygen atoms in total. The molecule has 2 aromatic carbocycles. The third-order valence-corrected chi connectivity index (χ3v) is 5.33. The first-order valence-electron chi connectivity index (χ1n) is 9.21.